The minimum Gasteiger partial charge on any atom is -0.496 e. The van der Waals surface area contributed by atoms with Crippen molar-refractivity contribution < 1.29 is 14.6 Å². The van der Waals surface area contributed by atoms with E-state index in [2.05, 4.69) is 18.7 Å². The van der Waals surface area contributed by atoms with Gasteiger partial charge in [-0.2, -0.15) is 0 Å². The standard InChI is InChI=1S/C15H23NO3/c1-11(17)14-12(6-5-7-13(14)18-4)16-8-9-19-15(2,3)10-16/h5-7,11,17H,8-10H2,1-4H3. The molecule has 0 aliphatic carbocycles. The molecule has 1 saturated heterocycles. The number of morpholine rings is 1. The molecule has 19 heavy (non-hydrogen) atoms. The second kappa shape index (κ2) is 5.39. The summed E-state index contributed by atoms with van der Waals surface area (Å²) in [5, 5.41) is 10.0. The van der Waals surface area contributed by atoms with E-state index in [0.717, 1.165) is 30.1 Å². The van der Waals surface area contributed by atoms with Crippen molar-refractivity contribution in [2.24, 2.45) is 0 Å². The number of anilines is 1. The highest BCUT2D eigenvalue weighted by molar-refractivity contribution is 5.60. The average molecular weight is 265 g/mol. The zero-order valence-electron chi connectivity index (χ0n) is 12.1. The molecular formula is C15H23NO3. The third-order valence-corrected chi connectivity index (χ3v) is 3.45. The van der Waals surface area contributed by atoms with Crippen LogP contribution in [0.1, 0.15) is 32.4 Å². The van der Waals surface area contributed by atoms with Crippen LogP contribution in [0.4, 0.5) is 5.69 Å². The average Bonchev–Trinajstić information content (AvgIpc) is 2.36. The predicted octanol–water partition coefficient (Wildman–Crippen LogP) is 2.36. The molecule has 0 bridgehead atoms. The molecule has 0 aromatic heterocycles. The molecular weight excluding hydrogens is 242 g/mol. The van der Waals surface area contributed by atoms with E-state index in [1.54, 1.807) is 14.0 Å². The van der Waals surface area contributed by atoms with Crippen LogP contribution in [0.3, 0.4) is 0 Å². The summed E-state index contributed by atoms with van der Waals surface area (Å²) in [4.78, 5) is 2.26. The Labute approximate surface area is 114 Å². The topological polar surface area (TPSA) is 41.9 Å². The Morgan fingerprint density at radius 2 is 2.16 bits per heavy atom. The van der Waals surface area contributed by atoms with Crippen molar-refractivity contribution in [2.75, 3.05) is 31.7 Å². The fourth-order valence-electron chi connectivity index (χ4n) is 2.63. The molecule has 1 heterocycles. The van der Waals surface area contributed by atoms with E-state index >= 15 is 0 Å². The van der Waals surface area contributed by atoms with Crippen LogP contribution in [-0.4, -0.2) is 37.5 Å². The molecule has 1 fully saturated rings. The van der Waals surface area contributed by atoms with E-state index in [1.165, 1.54) is 0 Å². The smallest absolute Gasteiger partial charge is 0.126 e. The summed E-state index contributed by atoms with van der Waals surface area (Å²) < 4.78 is 11.1. The minimum atomic E-state index is -0.558. The Bertz CT molecular complexity index is 443. The summed E-state index contributed by atoms with van der Waals surface area (Å²) in [5.41, 5.74) is 1.71. The van der Waals surface area contributed by atoms with Crippen LogP contribution >= 0.6 is 0 Å². The lowest BCUT2D eigenvalue weighted by atomic mass is 10.0. The molecule has 0 saturated carbocycles. The van der Waals surface area contributed by atoms with E-state index in [0.29, 0.717) is 6.61 Å². The number of aliphatic hydroxyl groups excluding tert-OH is 1. The van der Waals surface area contributed by atoms with E-state index in [4.69, 9.17) is 9.47 Å². The Morgan fingerprint density at radius 1 is 1.42 bits per heavy atom. The Balaban J connectivity index is 2.38. The summed E-state index contributed by atoms with van der Waals surface area (Å²) >= 11 is 0. The van der Waals surface area contributed by atoms with Gasteiger partial charge in [0.25, 0.3) is 0 Å². The van der Waals surface area contributed by atoms with Crippen molar-refractivity contribution in [3.63, 3.8) is 0 Å². The van der Waals surface area contributed by atoms with Crippen molar-refractivity contribution in [1.82, 2.24) is 0 Å². The Morgan fingerprint density at radius 3 is 2.74 bits per heavy atom. The first-order valence-electron chi connectivity index (χ1n) is 6.68. The maximum atomic E-state index is 10.0. The lowest BCUT2D eigenvalue weighted by Gasteiger charge is -2.40. The van der Waals surface area contributed by atoms with Gasteiger partial charge >= 0.3 is 0 Å². The molecule has 1 unspecified atom stereocenters. The largest absolute Gasteiger partial charge is 0.496 e. The number of hydrogen-bond acceptors (Lipinski definition) is 4. The first-order valence-corrected chi connectivity index (χ1v) is 6.68. The molecule has 1 N–H and O–H groups in total. The number of hydrogen-bond donors (Lipinski definition) is 1. The summed E-state index contributed by atoms with van der Waals surface area (Å²) in [7, 11) is 1.63. The van der Waals surface area contributed by atoms with Crippen LogP contribution in [0.5, 0.6) is 5.75 Å². The van der Waals surface area contributed by atoms with Crippen LogP contribution in [0.2, 0.25) is 0 Å². The molecule has 2 rings (SSSR count). The lowest BCUT2D eigenvalue weighted by Crippen LogP contribution is -2.48. The predicted molar refractivity (Wildman–Crippen MR) is 75.9 cm³/mol. The maximum Gasteiger partial charge on any atom is 0.126 e. The minimum absolute atomic E-state index is 0.169. The number of methoxy groups -OCH3 is 1. The molecule has 1 aromatic carbocycles. The molecule has 106 valence electrons. The highest BCUT2D eigenvalue weighted by atomic mass is 16.5. The second-order valence-corrected chi connectivity index (χ2v) is 5.60. The maximum absolute atomic E-state index is 10.0. The Kier molecular flexibility index (Phi) is 4.02. The van der Waals surface area contributed by atoms with Crippen molar-refractivity contribution in [2.45, 2.75) is 32.5 Å². The van der Waals surface area contributed by atoms with Gasteiger partial charge < -0.3 is 19.5 Å². The van der Waals surface area contributed by atoms with Crippen LogP contribution in [0, 0.1) is 0 Å². The number of rotatable bonds is 3. The molecule has 1 atom stereocenters. The molecule has 1 aliphatic rings. The molecule has 1 aromatic rings. The normalized spacial score (nSPS) is 20.2. The first kappa shape index (κ1) is 14.2. The summed E-state index contributed by atoms with van der Waals surface area (Å²) in [6.07, 6.45) is -0.558. The van der Waals surface area contributed by atoms with Crippen molar-refractivity contribution >= 4 is 5.69 Å². The summed E-state index contributed by atoms with van der Waals surface area (Å²) in [6, 6.07) is 5.88. The molecule has 1 aliphatic heterocycles. The summed E-state index contributed by atoms with van der Waals surface area (Å²) in [6.45, 7) is 8.27. The van der Waals surface area contributed by atoms with Gasteiger partial charge in [-0.3, -0.25) is 0 Å². The number of nitrogens with zero attached hydrogens (tertiary/aromatic N) is 1. The first-order chi connectivity index (χ1) is 8.94. The van der Waals surface area contributed by atoms with Gasteiger partial charge in [0.15, 0.2) is 0 Å². The van der Waals surface area contributed by atoms with Gasteiger partial charge in [0.05, 0.1) is 25.4 Å². The highest BCUT2D eigenvalue weighted by Crippen LogP contribution is 2.36. The van der Waals surface area contributed by atoms with Crippen molar-refractivity contribution in [1.29, 1.82) is 0 Å². The van der Waals surface area contributed by atoms with Crippen molar-refractivity contribution in [3.8, 4) is 5.75 Å². The third kappa shape index (κ3) is 3.01. The number of aliphatic hydroxyl groups is 1. The number of ether oxygens (including phenoxy) is 2. The van der Waals surface area contributed by atoms with E-state index in [9.17, 15) is 5.11 Å². The zero-order chi connectivity index (χ0) is 14.0. The monoisotopic (exact) mass is 265 g/mol. The molecule has 4 heteroatoms. The fraction of sp³-hybridized carbons (Fsp3) is 0.600. The zero-order valence-corrected chi connectivity index (χ0v) is 12.1. The van der Waals surface area contributed by atoms with Gasteiger partial charge in [0.1, 0.15) is 5.75 Å². The summed E-state index contributed by atoms with van der Waals surface area (Å²) in [5.74, 6) is 0.733. The van der Waals surface area contributed by atoms with Gasteiger partial charge in [-0.25, -0.2) is 0 Å². The number of benzene rings is 1. The van der Waals surface area contributed by atoms with Gasteiger partial charge in [-0.05, 0) is 32.9 Å². The van der Waals surface area contributed by atoms with E-state index in [1.807, 2.05) is 18.2 Å². The quantitative estimate of drug-likeness (QED) is 0.911. The molecule has 0 spiro atoms. The molecule has 0 radical (unpaired) electrons. The lowest BCUT2D eigenvalue weighted by molar-refractivity contribution is -0.0278. The highest BCUT2D eigenvalue weighted by Gasteiger charge is 2.29. The SMILES string of the molecule is COc1cccc(N2CCOC(C)(C)C2)c1C(C)O. The van der Waals surface area contributed by atoms with Gasteiger partial charge in [-0.15, -0.1) is 0 Å². The van der Waals surface area contributed by atoms with Crippen molar-refractivity contribution in [3.05, 3.63) is 23.8 Å². The van der Waals surface area contributed by atoms with Gasteiger partial charge in [0, 0.05) is 24.3 Å². The second-order valence-electron chi connectivity index (χ2n) is 5.60. The van der Waals surface area contributed by atoms with Crippen LogP contribution in [0.15, 0.2) is 18.2 Å². The van der Waals surface area contributed by atoms with Gasteiger partial charge in [-0.1, -0.05) is 6.07 Å². The van der Waals surface area contributed by atoms with Crippen LogP contribution in [-0.2, 0) is 4.74 Å². The van der Waals surface area contributed by atoms with Crippen LogP contribution < -0.4 is 9.64 Å². The molecule has 4 nitrogen and oxygen atoms in total. The molecule has 0 amide bonds. The third-order valence-electron chi connectivity index (χ3n) is 3.45. The van der Waals surface area contributed by atoms with Crippen LogP contribution in [0.25, 0.3) is 0 Å². The Hall–Kier alpha value is -1.26. The van der Waals surface area contributed by atoms with Gasteiger partial charge in [0.2, 0.25) is 0 Å². The van der Waals surface area contributed by atoms with E-state index in [-0.39, 0.29) is 5.60 Å². The fourth-order valence-corrected chi connectivity index (χ4v) is 2.63. The van der Waals surface area contributed by atoms with E-state index < -0.39 is 6.10 Å².